The second kappa shape index (κ2) is 10.9. The Bertz CT molecular complexity index is 1630. The molecule has 7 heteroatoms. The SMILES string of the molecule is C=CCOc1ccc(-n2c(C)cc(/C=C3\C(=O)N(c4ccccc4)C(=O)N(c4ccc(C)cc4)C3=O)c2C)cc1. The predicted molar refractivity (Wildman–Crippen MR) is 157 cm³/mol. The van der Waals surface area contributed by atoms with Crippen molar-refractivity contribution >= 4 is 35.3 Å². The van der Waals surface area contributed by atoms with Crippen molar-refractivity contribution in [2.45, 2.75) is 20.8 Å². The van der Waals surface area contributed by atoms with Gasteiger partial charge in [0.25, 0.3) is 11.8 Å². The van der Waals surface area contributed by atoms with E-state index in [0.717, 1.165) is 38.2 Å². The Kier molecular flexibility index (Phi) is 7.21. The summed E-state index contributed by atoms with van der Waals surface area (Å²) in [6, 6.07) is 24.5. The average molecular weight is 532 g/mol. The zero-order valence-corrected chi connectivity index (χ0v) is 22.6. The Morgan fingerprint density at radius 3 is 1.93 bits per heavy atom. The van der Waals surface area contributed by atoms with Crippen LogP contribution in [0.4, 0.5) is 16.2 Å². The van der Waals surface area contributed by atoms with E-state index in [0.29, 0.717) is 23.5 Å². The second-order valence-corrected chi connectivity index (χ2v) is 9.55. The van der Waals surface area contributed by atoms with Crippen molar-refractivity contribution < 1.29 is 19.1 Å². The molecular weight excluding hydrogens is 502 g/mol. The van der Waals surface area contributed by atoms with Crippen molar-refractivity contribution in [3.05, 3.63) is 126 Å². The van der Waals surface area contributed by atoms with Crippen LogP contribution in [0.3, 0.4) is 0 Å². The zero-order chi connectivity index (χ0) is 28.4. The predicted octanol–water partition coefficient (Wildman–Crippen LogP) is 6.55. The first kappa shape index (κ1) is 26.4. The minimum atomic E-state index is -0.716. The number of para-hydroxylation sites is 1. The molecule has 1 aliphatic heterocycles. The molecule has 0 saturated carbocycles. The van der Waals surface area contributed by atoms with Gasteiger partial charge in [0.1, 0.15) is 17.9 Å². The quantitative estimate of drug-likeness (QED) is 0.154. The summed E-state index contributed by atoms with van der Waals surface area (Å²) in [7, 11) is 0. The Labute approximate surface area is 233 Å². The van der Waals surface area contributed by atoms with E-state index < -0.39 is 17.8 Å². The number of nitrogens with zero attached hydrogens (tertiary/aromatic N) is 3. The number of anilines is 2. The molecular formula is C33H29N3O4. The van der Waals surface area contributed by atoms with E-state index in [4.69, 9.17) is 4.74 Å². The van der Waals surface area contributed by atoms with E-state index in [1.54, 1.807) is 54.6 Å². The van der Waals surface area contributed by atoms with Crippen LogP contribution < -0.4 is 14.5 Å². The summed E-state index contributed by atoms with van der Waals surface area (Å²) >= 11 is 0. The standard InChI is InChI=1S/C33H29N3O4/c1-5-19-40-29-17-15-27(16-18-29)34-23(3)20-25(24(34)4)21-30-31(37)35(26-9-7-6-8-10-26)33(39)36(32(30)38)28-13-11-22(2)12-14-28/h5-18,20-21H,1,19H2,2-4H3/b30-21+. The first-order valence-electron chi connectivity index (χ1n) is 12.9. The van der Waals surface area contributed by atoms with E-state index in [9.17, 15) is 14.4 Å². The molecule has 2 heterocycles. The summed E-state index contributed by atoms with van der Waals surface area (Å²) in [5.41, 5.74) is 5.04. The van der Waals surface area contributed by atoms with Crippen LogP contribution >= 0.6 is 0 Å². The maximum atomic E-state index is 13.8. The number of rotatable bonds is 7. The third-order valence-electron chi connectivity index (χ3n) is 6.79. The zero-order valence-electron chi connectivity index (χ0n) is 22.6. The van der Waals surface area contributed by atoms with Gasteiger partial charge in [0.15, 0.2) is 0 Å². The number of barbiturate groups is 1. The second-order valence-electron chi connectivity index (χ2n) is 9.55. The van der Waals surface area contributed by atoms with Crippen molar-refractivity contribution in [2.75, 3.05) is 16.4 Å². The molecule has 4 aromatic rings. The summed E-state index contributed by atoms with van der Waals surface area (Å²) in [6.07, 6.45) is 3.27. The van der Waals surface area contributed by atoms with E-state index in [1.165, 1.54) is 0 Å². The fraction of sp³-hybridized carbons (Fsp3) is 0.121. The largest absolute Gasteiger partial charge is 0.490 e. The van der Waals surface area contributed by atoms with E-state index in [1.807, 2.05) is 67.8 Å². The van der Waals surface area contributed by atoms with Gasteiger partial charge < -0.3 is 9.30 Å². The molecule has 40 heavy (non-hydrogen) atoms. The molecule has 0 unspecified atom stereocenters. The van der Waals surface area contributed by atoms with E-state index >= 15 is 0 Å². The van der Waals surface area contributed by atoms with Crippen LogP contribution in [0.1, 0.15) is 22.5 Å². The number of benzene rings is 3. The number of amides is 4. The molecule has 7 nitrogen and oxygen atoms in total. The molecule has 1 saturated heterocycles. The van der Waals surface area contributed by atoms with Crippen LogP contribution in [0.15, 0.2) is 103 Å². The van der Waals surface area contributed by atoms with Crippen molar-refractivity contribution in [2.24, 2.45) is 0 Å². The Hall–Kier alpha value is -5.17. The maximum absolute atomic E-state index is 13.8. The molecule has 1 fully saturated rings. The van der Waals surface area contributed by atoms with Crippen LogP contribution in [-0.4, -0.2) is 29.0 Å². The van der Waals surface area contributed by atoms with Gasteiger partial charge in [-0.1, -0.05) is 48.6 Å². The van der Waals surface area contributed by atoms with Crippen LogP contribution in [0.5, 0.6) is 5.75 Å². The van der Waals surface area contributed by atoms with Crippen LogP contribution in [0.2, 0.25) is 0 Å². The van der Waals surface area contributed by atoms with Gasteiger partial charge in [0.05, 0.1) is 11.4 Å². The first-order valence-corrected chi connectivity index (χ1v) is 12.9. The number of carbonyl (C=O) groups excluding carboxylic acids is 3. The number of imide groups is 2. The monoisotopic (exact) mass is 531 g/mol. The van der Waals surface area contributed by atoms with Crippen LogP contribution in [0, 0.1) is 20.8 Å². The fourth-order valence-electron chi connectivity index (χ4n) is 4.79. The van der Waals surface area contributed by atoms with Crippen molar-refractivity contribution in [1.29, 1.82) is 0 Å². The summed E-state index contributed by atoms with van der Waals surface area (Å²) in [5.74, 6) is -0.605. The highest BCUT2D eigenvalue weighted by Crippen LogP contribution is 2.31. The Morgan fingerprint density at radius 1 is 0.750 bits per heavy atom. The first-order chi connectivity index (χ1) is 19.3. The summed E-state index contributed by atoms with van der Waals surface area (Å²) in [5, 5.41) is 0. The summed E-state index contributed by atoms with van der Waals surface area (Å²) in [4.78, 5) is 43.2. The lowest BCUT2D eigenvalue weighted by Gasteiger charge is -2.34. The molecule has 1 aliphatic rings. The molecule has 0 spiro atoms. The fourth-order valence-corrected chi connectivity index (χ4v) is 4.79. The number of carbonyl (C=O) groups is 3. The van der Waals surface area contributed by atoms with E-state index in [-0.39, 0.29) is 5.57 Å². The highest BCUT2D eigenvalue weighted by atomic mass is 16.5. The molecule has 0 aliphatic carbocycles. The molecule has 0 radical (unpaired) electrons. The number of ether oxygens (including phenoxy) is 1. The van der Waals surface area contributed by atoms with Gasteiger partial charge >= 0.3 is 6.03 Å². The molecule has 0 N–H and O–H groups in total. The van der Waals surface area contributed by atoms with Gasteiger partial charge in [-0.25, -0.2) is 14.6 Å². The summed E-state index contributed by atoms with van der Waals surface area (Å²) in [6.45, 7) is 9.90. The lowest BCUT2D eigenvalue weighted by atomic mass is 10.0. The number of urea groups is 1. The normalized spacial score (nSPS) is 14.7. The van der Waals surface area contributed by atoms with Gasteiger partial charge in [0, 0.05) is 17.1 Å². The lowest BCUT2D eigenvalue weighted by molar-refractivity contribution is -0.121. The smallest absolute Gasteiger partial charge is 0.343 e. The van der Waals surface area contributed by atoms with E-state index in [2.05, 4.69) is 6.58 Å². The third-order valence-corrected chi connectivity index (χ3v) is 6.79. The molecule has 0 atom stereocenters. The van der Waals surface area contributed by atoms with Gasteiger partial charge in [-0.05, 0) is 87.0 Å². The van der Waals surface area contributed by atoms with Crippen LogP contribution in [-0.2, 0) is 9.59 Å². The number of aryl methyl sites for hydroxylation is 2. The highest BCUT2D eigenvalue weighted by Gasteiger charge is 2.43. The molecule has 3 aromatic carbocycles. The highest BCUT2D eigenvalue weighted by molar-refractivity contribution is 6.46. The third kappa shape index (κ3) is 4.85. The molecule has 1 aromatic heterocycles. The van der Waals surface area contributed by atoms with Crippen LogP contribution in [0.25, 0.3) is 11.8 Å². The number of aromatic nitrogens is 1. The minimum Gasteiger partial charge on any atom is -0.490 e. The number of hydrogen-bond acceptors (Lipinski definition) is 4. The van der Waals surface area contributed by atoms with Gasteiger partial charge in [-0.15, -0.1) is 0 Å². The van der Waals surface area contributed by atoms with Gasteiger partial charge in [-0.2, -0.15) is 0 Å². The van der Waals surface area contributed by atoms with Crippen molar-refractivity contribution in [1.82, 2.24) is 4.57 Å². The Morgan fingerprint density at radius 2 is 1.32 bits per heavy atom. The average Bonchev–Trinajstić information content (AvgIpc) is 3.24. The molecule has 5 rings (SSSR count). The number of hydrogen-bond donors (Lipinski definition) is 0. The van der Waals surface area contributed by atoms with Gasteiger partial charge in [0.2, 0.25) is 0 Å². The molecule has 200 valence electrons. The minimum absolute atomic E-state index is 0.0996. The Balaban J connectivity index is 1.59. The summed E-state index contributed by atoms with van der Waals surface area (Å²) < 4.78 is 7.64. The van der Waals surface area contributed by atoms with Gasteiger partial charge in [-0.3, -0.25) is 9.59 Å². The van der Waals surface area contributed by atoms with Crippen molar-refractivity contribution in [3.63, 3.8) is 0 Å². The lowest BCUT2D eigenvalue weighted by Crippen LogP contribution is -2.57. The van der Waals surface area contributed by atoms with Crippen molar-refractivity contribution in [3.8, 4) is 11.4 Å². The maximum Gasteiger partial charge on any atom is 0.343 e. The molecule has 4 amide bonds. The molecule has 0 bridgehead atoms. The topological polar surface area (TPSA) is 71.8 Å².